The van der Waals surface area contributed by atoms with Crippen molar-refractivity contribution in [3.63, 3.8) is 0 Å². The predicted molar refractivity (Wildman–Crippen MR) is 140 cm³/mol. The summed E-state index contributed by atoms with van der Waals surface area (Å²) in [7, 11) is 0. The Labute approximate surface area is 219 Å². The maximum Gasteiger partial charge on any atom is 0.321 e. The van der Waals surface area contributed by atoms with E-state index in [9.17, 15) is 14.4 Å². The zero-order chi connectivity index (χ0) is 26.6. The molecule has 3 N–H and O–H groups in total. The molecule has 1 unspecified atom stereocenters. The molecule has 0 radical (unpaired) electrons. The number of nitrogens with one attached hydrogen (secondary N) is 3. The number of carbonyl (C=O) groups is 3. The van der Waals surface area contributed by atoms with Crippen LogP contribution in [0.1, 0.15) is 30.6 Å². The molecule has 2 aliphatic rings. The molecular formula is C26H39N7O4. The van der Waals surface area contributed by atoms with Crippen molar-refractivity contribution >= 4 is 23.5 Å². The fourth-order valence-corrected chi connectivity index (χ4v) is 4.42. The van der Waals surface area contributed by atoms with Gasteiger partial charge in [-0.1, -0.05) is 19.9 Å². The number of hydrogen-bond donors (Lipinski definition) is 3. The number of piperazine rings is 1. The average Bonchev–Trinajstić information content (AvgIpc) is 2.91. The lowest BCUT2D eigenvalue weighted by atomic mass is 10.0. The standard InChI is InChI=1S/C26H39N7O4/c1-20(2)18-23(25(35)28-7-6-27)30-24(34)21-4-3-5-22(19-21)29-26(36)33-12-10-31(11-13-33)8-9-32-14-16-37-17-15-32/h3-5,19-20,23H,7-18H2,1-2H3,(H,28,35)(H,29,36)(H,30,34). The highest BCUT2D eigenvalue weighted by Crippen LogP contribution is 2.14. The van der Waals surface area contributed by atoms with Crippen molar-refractivity contribution in [1.29, 1.82) is 5.26 Å². The molecule has 2 fully saturated rings. The molecule has 2 heterocycles. The van der Waals surface area contributed by atoms with E-state index in [0.29, 0.717) is 30.8 Å². The first-order valence-electron chi connectivity index (χ1n) is 13.0. The summed E-state index contributed by atoms with van der Waals surface area (Å²) in [5.74, 6) is -0.636. The molecule has 4 amide bonds. The Bertz CT molecular complexity index is 950. The maximum absolute atomic E-state index is 12.9. The molecule has 0 aromatic heterocycles. The van der Waals surface area contributed by atoms with Gasteiger partial charge in [-0.05, 0) is 30.5 Å². The van der Waals surface area contributed by atoms with Gasteiger partial charge in [-0.3, -0.25) is 19.4 Å². The molecule has 1 aromatic rings. The highest BCUT2D eigenvalue weighted by atomic mass is 16.5. The monoisotopic (exact) mass is 513 g/mol. The van der Waals surface area contributed by atoms with Gasteiger partial charge >= 0.3 is 6.03 Å². The second kappa shape index (κ2) is 14.5. The van der Waals surface area contributed by atoms with E-state index in [1.165, 1.54) is 0 Å². The first-order chi connectivity index (χ1) is 17.9. The van der Waals surface area contributed by atoms with Crippen LogP contribution >= 0.6 is 0 Å². The summed E-state index contributed by atoms with van der Waals surface area (Å²) >= 11 is 0. The topological polar surface area (TPSA) is 130 Å². The molecule has 11 heteroatoms. The molecule has 0 saturated carbocycles. The number of anilines is 1. The van der Waals surface area contributed by atoms with Crippen LogP contribution in [-0.4, -0.2) is 111 Å². The minimum Gasteiger partial charge on any atom is -0.379 e. The summed E-state index contributed by atoms with van der Waals surface area (Å²) in [6, 6.07) is 7.59. The van der Waals surface area contributed by atoms with Crippen LogP contribution in [0.25, 0.3) is 0 Å². The molecule has 11 nitrogen and oxygen atoms in total. The lowest BCUT2D eigenvalue weighted by molar-refractivity contribution is -0.123. The zero-order valence-electron chi connectivity index (χ0n) is 21.9. The normalized spacial score (nSPS) is 17.6. The van der Waals surface area contributed by atoms with Crippen LogP contribution in [0.3, 0.4) is 0 Å². The summed E-state index contributed by atoms with van der Waals surface area (Å²) in [5, 5.41) is 16.9. The van der Waals surface area contributed by atoms with Crippen molar-refractivity contribution in [2.45, 2.75) is 26.3 Å². The van der Waals surface area contributed by atoms with E-state index in [1.807, 2.05) is 19.9 Å². The summed E-state index contributed by atoms with van der Waals surface area (Å²) in [5.41, 5.74) is 0.856. The van der Waals surface area contributed by atoms with E-state index in [2.05, 4.69) is 25.8 Å². The van der Waals surface area contributed by atoms with Gasteiger partial charge in [0.1, 0.15) is 12.6 Å². The number of carbonyl (C=O) groups excluding carboxylic acids is 3. The van der Waals surface area contributed by atoms with Crippen LogP contribution in [0.5, 0.6) is 0 Å². The number of hydrogen-bond acceptors (Lipinski definition) is 7. The fourth-order valence-electron chi connectivity index (χ4n) is 4.42. The van der Waals surface area contributed by atoms with Gasteiger partial charge in [0.15, 0.2) is 0 Å². The molecule has 0 aliphatic carbocycles. The van der Waals surface area contributed by atoms with Crippen molar-refractivity contribution in [1.82, 2.24) is 25.3 Å². The Kier molecular flexibility index (Phi) is 11.1. The van der Waals surface area contributed by atoms with E-state index in [0.717, 1.165) is 52.5 Å². The van der Waals surface area contributed by atoms with Gasteiger partial charge in [-0.2, -0.15) is 5.26 Å². The summed E-state index contributed by atoms with van der Waals surface area (Å²) in [4.78, 5) is 44.7. The molecule has 2 saturated heterocycles. The third-order valence-electron chi connectivity index (χ3n) is 6.54. The Morgan fingerprint density at radius 1 is 1.03 bits per heavy atom. The summed E-state index contributed by atoms with van der Waals surface area (Å²) in [6.07, 6.45) is 0.442. The van der Waals surface area contributed by atoms with Gasteiger partial charge in [0.25, 0.3) is 5.91 Å². The molecule has 0 bridgehead atoms. The van der Waals surface area contributed by atoms with Gasteiger partial charge in [0.2, 0.25) is 5.91 Å². The fraction of sp³-hybridized carbons (Fsp3) is 0.615. The van der Waals surface area contributed by atoms with Gasteiger partial charge in [0.05, 0.1) is 19.3 Å². The zero-order valence-corrected chi connectivity index (χ0v) is 21.9. The van der Waals surface area contributed by atoms with Crippen LogP contribution in [0, 0.1) is 17.2 Å². The average molecular weight is 514 g/mol. The van der Waals surface area contributed by atoms with Crippen molar-refractivity contribution in [2.75, 3.05) is 77.4 Å². The molecule has 202 valence electrons. The van der Waals surface area contributed by atoms with Gasteiger partial charge in [-0.15, -0.1) is 0 Å². The smallest absolute Gasteiger partial charge is 0.321 e. The summed E-state index contributed by atoms with van der Waals surface area (Å²) in [6.45, 7) is 12.3. The van der Waals surface area contributed by atoms with Crippen molar-refractivity contribution < 1.29 is 19.1 Å². The number of urea groups is 1. The molecule has 0 spiro atoms. The minimum absolute atomic E-state index is 0.118. The molecule has 1 atom stereocenters. The van der Waals surface area contributed by atoms with Crippen molar-refractivity contribution in [3.8, 4) is 6.07 Å². The van der Waals surface area contributed by atoms with Gasteiger partial charge in [-0.25, -0.2) is 4.79 Å². The number of nitrogens with zero attached hydrogens (tertiary/aromatic N) is 4. The number of morpholine rings is 1. The minimum atomic E-state index is -0.751. The molecule has 37 heavy (non-hydrogen) atoms. The van der Waals surface area contributed by atoms with Crippen LogP contribution < -0.4 is 16.0 Å². The van der Waals surface area contributed by atoms with Crippen LogP contribution in [-0.2, 0) is 9.53 Å². The third kappa shape index (κ3) is 9.31. The summed E-state index contributed by atoms with van der Waals surface area (Å²) < 4.78 is 5.40. The number of benzene rings is 1. The molecular weight excluding hydrogens is 474 g/mol. The number of rotatable bonds is 10. The number of nitriles is 1. The highest BCUT2D eigenvalue weighted by molar-refractivity contribution is 5.99. The molecule has 2 aliphatic heterocycles. The number of ether oxygens (including phenoxy) is 1. The quantitative estimate of drug-likeness (QED) is 0.397. The van der Waals surface area contributed by atoms with Crippen LogP contribution in [0.4, 0.5) is 10.5 Å². The third-order valence-corrected chi connectivity index (χ3v) is 6.54. The van der Waals surface area contributed by atoms with Gasteiger partial charge < -0.3 is 25.6 Å². The Morgan fingerprint density at radius 3 is 2.35 bits per heavy atom. The van der Waals surface area contributed by atoms with E-state index >= 15 is 0 Å². The van der Waals surface area contributed by atoms with E-state index in [-0.39, 0.29) is 18.5 Å². The molecule has 3 rings (SSSR count). The first kappa shape index (κ1) is 28.4. The Balaban J connectivity index is 1.48. The first-order valence-corrected chi connectivity index (χ1v) is 13.0. The van der Waals surface area contributed by atoms with Crippen LogP contribution in [0.15, 0.2) is 24.3 Å². The van der Waals surface area contributed by atoms with Crippen molar-refractivity contribution in [3.05, 3.63) is 29.8 Å². The Hall–Kier alpha value is -3.20. The van der Waals surface area contributed by atoms with E-state index in [4.69, 9.17) is 10.00 Å². The lowest BCUT2D eigenvalue weighted by Crippen LogP contribution is -2.51. The van der Waals surface area contributed by atoms with E-state index in [1.54, 1.807) is 29.2 Å². The van der Waals surface area contributed by atoms with Crippen LogP contribution in [0.2, 0.25) is 0 Å². The molecule has 1 aromatic carbocycles. The van der Waals surface area contributed by atoms with E-state index < -0.39 is 17.9 Å². The predicted octanol–water partition coefficient (Wildman–Crippen LogP) is 0.953. The maximum atomic E-state index is 12.9. The number of amides is 4. The Morgan fingerprint density at radius 2 is 1.70 bits per heavy atom. The van der Waals surface area contributed by atoms with Gasteiger partial charge in [0, 0.05) is 63.6 Å². The second-order valence-corrected chi connectivity index (χ2v) is 9.83. The second-order valence-electron chi connectivity index (χ2n) is 9.83. The highest BCUT2D eigenvalue weighted by Gasteiger charge is 2.24. The SMILES string of the molecule is CC(C)CC(NC(=O)c1cccc(NC(=O)N2CCN(CCN3CCOCC3)CC2)c1)C(=O)NCC#N. The largest absolute Gasteiger partial charge is 0.379 e. The van der Waals surface area contributed by atoms with Crippen molar-refractivity contribution in [2.24, 2.45) is 5.92 Å². The lowest BCUT2D eigenvalue weighted by Gasteiger charge is -2.36.